The molecule has 0 fully saturated rings. The minimum Gasteiger partial charge on any atom is -0.394 e. The predicted molar refractivity (Wildman–Crippen MR) is 68.5 cm³/mol. The molecule has 0 bridgehead atoms. The SMILES string of the molecule is NNc1nc(NCCOCCO)c(Cl)cc1Cl. The van der Waals surface area contributed by atoms with E-state index < -0.39 is 0 Å². The Morgan fingerprint density at radius 1 is 1.29 bits per heavy atom. The fraction of sp³-hybridized carbons (Fsp3) is 0.444. The largest absolute Gasteiger partial charge is 0.394 e. The number of hydrazine groups is 1. The van der Waals surface area contributed by atoms with Crippen molar-refractivity contribution in [1.29, 1.82) is 0 Å². The monoisotopic (exact) mass is 280 g/mol. The van der Waals surface area contributed by atoms with Gasteiger partial charge in [-0.3, -0.25) is 0 Å². The number of aliphatic hydroxyl groups is 1. The Balaban J connectivity index is 2.52. The first-order valence-corrected chi connectivity index (χ1v) is 5.69. The number of nitrogens with zero attached hydrogens (tertiary/aromatic N) is 1. The van der Waals surface area contributed by atoms with Crippen LogP contribution in [0.15, 0.2) is 6.07 Å². The van der Waals surface area contributed by atoms with Crippen molar-refractivity contribution in [3.63, 3.8) is 0 Å². The summed E-state index contributed by atoms with van der Waals surface area (Å²) in [5.41, 5.74) is 2.37. The van der Waals surface area contributed by atoms with Gasteiger partial charge in [-0.1, -0.05) is 23.2 Å². The van der Waals surface area contributed by atoms with E-state index in [0.29, 0.717) is 41.4 Å². The van der Waals surface area contributed by atoms with E-state index in [1.165, 1.54) is 0 Å². The van der Waals surface area contributed by atoms with Gasteiger partial charge in [-0.15, -0.1) is 0 Å². The number of hydrogen-bond acceptors (Lipinski definition) is 6. The standard InChI is InChI=1S/C9H14Cl2N4O2/c10-6-5-7(11)9(15-12)14-8(6)13-1-3-17-4-2-16/h5,16H,1-4,12H2,(H2,13,14,15). The number of nitrogens with two attached hydrogens (primary N) is 1. The van der Waals surface area contributed by atoms with E-state index in [-0.39, 0.29) is 6.61 Å². The van der Waals surface area contributed by atoms with Crippen LogP contribution in [0.25, 0.3) is 0 Å². The van der Waals surface area contributed by atoms with Gasteiger partial charge >= 0.3 is 0 Å². The first kappa shape index (κ1) is 14.3. The third-order valence-electron chi connectivity index (χ3n) is 1.84. The van der Waals surface area contributed by atoms with Crippen LogP contribution in [0, 0.1) is 0 Å². The minimum atomic E-state index is 0.00118. The quantitative estimate of drug-likeness (QED) is 0.340. The van der Waals surface area contributed by atoms with Crippen LogP contribution in [0.1, 0.15) is 0 Å². The molecule has 5 N–H and O–H groups in total. The zero-order chi connectivity index (χ0) is 12.7. The molecule has 0 spiro atoms. The van der Waals surface area contributed by atoms with Crippen LogP contribution in [0.4, 0.5) is 11.6 Å². The van der Waals surface area contributed by atoms with Gasteiger partial charge in [0.2, 0.25) is 0 Å². The maximum absolute atomic E-state index is 8.51. The second kappa shape index (κ2) is 7.52. The highest BCUT2D eigenvalue weighted by molar-refractivity contribution is 6.37. The first-order valence-electron chi connectivity index (χ1n) is 4.94. The lowest BCUT2D eigenvalue weighted by Gasteiger charge is -2.10. The van der Waals surface area contributed by atoms with Gasteiger partial charge in [-0.25, -0.2) is 10.8 Å². The molecule has 0 amide bonds. The summed E-state index contributed by atoms with van der Waals surface area (Å²) in [6, 6.07) is 1.54. The number of ether oxygens (including phenoxy) is 1. The Labute approximate surface area is 109 Å². The van der Waals surface area contributed by atoms with Crippen LogP contribution in [-0.2, 0) is 4.74 Å². The molecule has 17 heavy (non-hydrogen) atoms. The van der Waals surface area contributed by atoms with Crippen LogP contribution >= 0.6 is 23.2 Å². The predicted octanol–water partition coefficient (Wildman–Crippen LogP) is 1.09. The average Bonchev–Trinajstić information content (AvgIpc) is 2.31. The van der Waals surface area contributed by atoms with Crippen molar-refractivity contribution in [1.82, 2.24) is 4.98 Å². The molecular weight excluding hydrogens is 267 g/mol. The zero-order valence-electron chi connectivity index (χ0n) is 9.04. The molecule has 6 nitrogen and oxygen atoms in total. The van der Waals surface area contributed by atoms with Gasteiger partial charge in [0.05, 0.1) is 29.9 Å². The molecule has 96 valence electrons. The van der Waals surface area contributed by atoms with Gasteiger partial charge in [0.15, 0.2) is 5.82 Å². The Hall–Kier alpha value is -0.790. The molecule has 1 aromatic rings. The molecule has 0 atom stereocenters. The van der Waals surface area contributed by atoms with E-state index >= 15 is 0 Å². The zero-order valence-corrected chi connectivity index (χ0v) is 10.6. The lowest BCUT2D eigenvalue weighted by atomic mass is 10.4. The topological polar surface area (TPSA) is 92.4 Å². The lowest BCUT2D eigenvalue weighted by Crippen LogP contribution is -2.14. The maximum atomic E-state index is 8.51. The Kier molecular flexibility index (Phi) is 6.31. The van der Waals surface area contributed by atoms with Crippen molar-refractivity contribution >= 4 is 34.8 Å². The van der Waals surface area contributed by atoms with Crippen LogP contribution < -0.4 is 16.6 Å². The third-order valence-corrected chi connectivity index (χ3v) is 2.42. The fourth-order valence-corrected chi connectivity index (χ4v) is 1.58. The molecule has 0 aliphatic rings. The Morgan fingerprint density at radius 2 is 2.00 bits per heavy atom. The van der Waals surface area contributed by atoms with Gasteiger partial charge in [0, 0.05) is 6.54 Å². The highest BCUT2D eigenvalue weighted by Crippen LogP contribution is 2.28. The molecule has 8 heteroatoms. The number of aliphatic hydroxyl groups excluding tert-OH is 1. The summed E-state index contributed by atoms with van der Waals surface area (Å²) in [4.78, 5) is 4.09. The molecule has 0 aliphatic heterocycles. The number of nitrogen functional groups attached to an aromatic ring is 1. The highest BCUT2D eigenvalue weighted by atomic mass is 35.5. The number of nitrogens with one attached hydrogen (secondary N) is 2. The summed E-state index contributed by atoms with van der Waals surface area (Å²) in [5, 5.41) is 12.2. The third kappa shape index (κ3) is 4.53. The van der Waals surface area contributed by atoms with Gasteiger partial charge in [0.1, 0.15) is 5.82 Å². The smallest absolute Gasteiger partial charge is 0.161 e. The van der Waals surface area contributed by atoms with E-state index in [0.717, 1.165) is 0 Å². The molecule has 0 saturated heterocycles. The van der Waals surface area contributed by atoms with Crippen molar-refractivity contribution in [3.8, 4) is 0 Å². The maximum Gasteiger partial charge on any atom is 0.161 e. The Bertz CT molecular complexity index is 365. The van der Waals surface area contributed by atoms with E-state index in [9.17, 15) is 0 Å². The molecular formula is C9H14Cl2N4O2. The van der Waals surface area contributed by atoms with E-state index in [1.807, 2.05) is 0 Å². The summed E-state index contributed by atoms with van der Waals surface area (Å²) >= 11 is 11.8. The van der Waals surface area contributed by atoms with Crippen molar-refractivity contribution in [2.75, 3.05) is 37.1 Å². The van der Waals surface area contributed by atoms with E-state index in [2.05, 4.69) is 15.7 Å². The number of hydrogen-bond donors (Lipinski definition) is 4. The number of pyridine rings is 1. The molecule has 0 aliphatic carbocycles. The van der Waals surface area contributed by atoms with Crippen LogP contribution in [0.3, 0.4) is 0 Å². The van der Waals surface area contributed by atoms with Crippen molar-refractivity contribution < 1.29 is 9.84 Å². The first-order chi connectivity index (χ1) is 8.19. The van der Waals surface area contributed by atoms with Crippen LogP contribution in [-0.4, -0.2) is 36.5 Å². The van der Waals surface area contributed by atoms with Crippen molar-refractivity contribution in [2.45, 2.75) is 0 Å². The number of halogens is 2. The molecule has 0 aromatic carbocycles. The van der Waals surface area contributed by atoms with Crippen molar-refractivity contribution in [2.24, 2.45) is 5.84 Å². The normalized spacial score (nSPS) is 10.4. The second-order valence-corrected chi connectivity index (χ2v) is 3.87. The summed E-state index contributed by atoms with van der Waals surface area (Å²) in [7, 11) is 0. The van der Waals surface area contributed by atoms with Crippen LogP contribution in [0.2, 0.25) is 10.0 Å². The number of rotatable bonds is 7. The second-order valence-electron chi connectivity index (χ2n) is 3.06. The highest BCUT2D eigenvalue weighted by Gasteiger charge is 2.07. The van der Waals surface area contributed by atoms with Gasteiger partial charge < -0.3 is 20.6 Å². The van der Waals surface area contributed by atoms with Gasteiger partial charge in [-0.05, 0) is 6.07 Å². The summed E-state index contributed by atoms with van der Waals surface area (Å²) < 4.78 is 5.07. The molecule has 1 rings (SSSR count). The van der Waals surface area contributed by atoms with E-state index in [1.54, 1.807) is 6.07 Å². The van der Waals surface area contributed by atoms with Gasteiger partial charge in [-0.2, -0.15) is 0 Å². The molecule has 1 aromatic heterocycles. The molecule has 0 unspecified atom stereocenters. The molecule has 1 heterocycles. The van der Waals surface area contributed by atoms with Crippen LogP contribution in [0.5, 0.6) is 0 Å². The average molecular weight is 281 g/mol. The fourth-order valence-electron chi connectivity index (χ4n) is 1.10. The lowest BCUT2D eigenvalue weighted by molar-refractivity contribution is 0.0992. The number of anilines is 2. The number of aromatic nitrogens is 1. The summed E-state index contributed by atoms with van der Waals surface area (Å²) in [5.74, 6) is 6.06. The molecule has 0 radical (unpaired) electrons. The molecule has 0 saturated carbocycles. The Morgan fingerprint density at radius 3 is 2.65 bits per heavy atom. The summed E-state index contributed by atoms with van der Waals surface area (Å²) in [6.07, 6.45) is 0. The van der Waals surface area contributed by atoms with E-state index in [4.69, 9.17) is 38.9 Å². The van der Waals surface area contributed by atoms with Gasteiger partial charge in [0.25, 0.3) is 0 Å². The van der Waals surface area contributed by atoms with Crippen molar-refractivity contribution in [3.05, 3.63) is 16.1 Å². The summed E-state index contributed by atoms with van der Waals surface area (Å²) in [6.45, 7) is 1.26. The minimum absolute atomic E-state index is 0.00118.